The van der Waals surface area contributed by atoms with Crippen molar-refractivity contribution in [3.63, 3.8) is 0 Å². The first-order valence-electron chi connectivity index (χ1n) is 22.7. The quantitative estimate of drug-likeness (QED) is 0.0860. The van der Waals surface area contributed by atoms with Gasteiger partial charge in [0.1, 0.15) is 35.9 Å². The van der Waals surface area contributed by atoms with E-state index in [1.165, 1.54) is 0 Å². The Kier molecular flexibility index (Phi) is 15.2. The minimum absolute atomic E-state index is 0.0866. The van der Waals surface area contributed by atoms with Crippen molar-refractivity contribution in [2.75, 3.05) is 92.1 Å². The molecule has 0 spiro atoms. The summed E-state index contributed by atoms with van der Waals surface area (Å²) in [4.78, 5) is 43.8. The van der Waals surface area contributed by atoms with Crippen LogP contribution in [0.25, 0.3) is 11.1 Å². The number of aliphatic hydroxyl groups is 1. The predicted octanol–water partition coefficient (Wildman–Crippen LogP) is 6.97. The predicted molar refractivity (Wildman–Crippen MR) is 250 cm³/mol. The summed E-state index contributed by atoms with van der Waals surface area (Å²) in [6, 6.07) is 39.5. The molecule has 2 fully saturated rings. The molecule has 9 rings (SSSR count). The van der Waals surface area contributed by atoms with Gasteiger partial charge in [0, 0.05) is 61.5 Å². The summed E-state index contributed by atoms with van der Waals surface area (Å²) in [5.74, 6) is -0.177. The summed E-state index contributed by atoms with van der Waals surface area (Å²) in [5, 5.41) is 12.4. The third kappa shape index (κ3) is 10.0. The van der Waals surface area contributed by atoms with Crippen molar-refractivity contribution >= 4 is 28.9 Å². The highest BCUT2D eigenvalue weighted by molar-refractivity contribution is 6.35. The van der Waals surface area contributed by atoms with Gasteiger partial charge in [0.25, 0.3) is 0 Å². The second-order valence-electron chi connectivity index (χ2n) is 16.1. The van der Waals surface area contributed by atoms with Crippen molar-refractivity contribution in [3.8, 4) is 11.5 Å². The van der Waals surface area contributed by atoms with E-state index in [0.29, 0.717) is 52.5 Å². The van der Waals surface area contributed by atoms with Gasteiger partial charge in [-0.1, -0.05) is 97.1 Å². The number of Topliss-reactive ketones (excluding diaryl/α,β-unsaturated/α-hetero) is 1. The molecule has 12 heteroatoms. The summed E-state index contributed by atoms with van der Waals surface area (Å²) in [7, 11) is 0. The topological polar surface area (TPSA) is 133 Å². The first kappa shape index (κ1) is 46.1. The third-order valence-corrected chi connectivity index (χ3v) is 12.1. The van der Waals surface area contributed by atoms with Crippen LogP contribution in [-0.4, -0.2) is 125 Å². The molecule has 0 amide bonds. The normalized spacial score (nSPS) is 18.3. The van der Waals surface area contributed by atoms with E-state index in [0.717, 1.165) is 87.9 Å². The number of hydrogen-bond donors (Lipinski definition) is 1. The number of esters is 2. The lowest BCUT2D eigenvalue weighted by Gasteiger charge is -2.28. The summed E-state index contributed by atoms with van der Waals surface area (Å²) in [6.45, 7) is 13.1. The fourth-order valence-corrected chi connectivity index (χ4v) is 8.86. The van der Waals surface area contributed by atoms with Crippen LogP contribution in [-0.2, 0) is 34.1 Å². The van der Waals surface area contributed by atoms with Gasteiger partial charge in [-0.3, -0.25) is 14.6 Å². The van der Waals surface area contributed by atoms with Gasteiger partial charge in [-0.05, 0) is 72.0 Å². The molecule has 2 aliphatic carbocycles. The number of carbonyl (C=O) groups is 3. The Bertz CT molecular complexity index is 2550. The van der Waals surface area contributed by atoms with Crippen LogP contribution in [0.5, 0.6) is 11.5 Å². The maximum Gasteiger partial charge on any atom is 0.342 e. The maximum atomic E-state index is 13.4. The standard InChI is InChI=1S/C30H31NO5.C24H25NO5/c1-2-35-29(32)28-27(22-9-5-3-6-10-22)25-14-13-24(36-20-17-31-15-18-34-19-16-31)21-26(25)30(28,33)23-11-7-4-8-12-23;1-2-29-24(27)22-21(17-6-4-3-5-7-17)19-9-8-18(16-20(19)23(22)26)30-15-12-25-10-13-28-14-11-25/h3-14,21,33H,2,15-20H2,1H3;3-9,16H,2,10-15H2,1H3. The summed E-state index contributed by atoms with van der Waals surface area (Å²) in [5.41, 5.74) is 4.78. The Hall–Kier alpha value is -6.41. The van der Waals surface area contributed by atoms with Gasteiger partial charge in [0.15, 0.2) is 0 Å². The molecule has 2 heterocycles. The maximum absolute atomic E-state index is 13.4. The molecular weight excluding hydrogens is 837 g/mol. The van der Waals surface area contributed by atoms with Crippen LogP contribution in [0.4, 0.5) is 0 Å². The van der Waals surface area contributed by atoms with Gasteiger partial charge in [-0.2, -0.15) is 0 Å². The molecule has 2 saturated heterocycles. The van der Waals surface area contributed by atoms with Crippen LogP contribution in [0, 0.1) is 0 Å². The highest BCUT2D eigenvalue weighted by atomic mass is 16.5. The lowest BCUT2D eigenvalue weighted by molar-refractivity contribution is -0.140. The lowest BCUT2D eigenvalue weighted by atomic mass is 9.83. The van der Waals surface area contributed by atoms with Crippen LogP contribution < -0.4 is 9.47 Å². The molecule has 2 aliphatic heterocycles. The lowest BCUT2D eigenvalue weighted by Crippen LogP contribution is -2.38. The zero-order chi connectivity index (χ0) is 45.9. The molecule has 66 heavy (non-hydrogen) atoms. The molecule has 0 saturated carbocycles. The van der Waals surface area contributed by atoms with Crippen LogP contribution in [0.2, 0.25) is 0 Å². The van der Waals surface area contributed by atoms with Crippen molar-refractivity contribution < 1.29 is 47.9 Å². The molecule has 4 aliphatic rings. The Labute approximate surface area is 386 Å². The van der Waals surface area contributed by atoms with E-state index in [4.69, 9.17) is 28.4 Å². The molecule has 342 valence electrons. The van der Waals surface area contributed by atoms with Gasteiger partial charge in [0.05, 0.1) is 45.2 Å². The van der Waals surface area contributed by atoms with Gasteiger partial charge in [-0.25, -0.2) is 9.59 Å². The zero-order valence-corrected chi connectivity index (χ0v) is 37.5. The van der Waals surface area contributed by atoms with Crippen molar-refractivity contribution in [1.82, 2.24) is 9.80 Å². The molecule has 12 nitrogen and oxygen atoms in total. The van der Waals surface area contributed by atoms with E-state index in [-0.39, 0.29) is 30.1 Å². The molecule has 0 bridgehead atoms. The Balaban J connectivity index is 0.000000182. The Morgan fingerprint density at radius 2 is 1.08 bits per heavy atom. The average Bonchev–Trinajstić information content (AvgIpc) is 3.81. The molecule has 1 N–H and O–H groups in total. The van der Waals surface area contributed by atoms with Gasteiger partial charge < -0.3 is 33.5 Å². The van der Waals surface area contributed by atoms with E-state index < -0.39 is 17.5 Å². The van der Waals surface area contributed by atoms with Gasteiger partial charge >= 0.3 is 11.9 Å². The summed E-state index contributed by atoms with van der Waals surface area (Å²) < 4.78 is 33.5. The molecule has 5 aromatic carbocycles. The number of benzene rings is 5. The summed E-state index contributed by atoms with van der Waals surface area (Å²) >= 11 is 0. The SMILES string of the molecule is CCOC(=O)C1=C(c2ccccc2)c2ccc(OCCN3CCOCC3)cc2C1(O)c1ccccc1.CCOC(=O)C1=C(c2ccccc2)c2ccc(OCCN3CCOCC3)cc2C1=O. The van der Waals surface area contributed by atoms with E-state index >= 15 is 0 Å². The van der Waals surface area contributed by atoms with E-state index in [1.54, 1.807) is 19.9 Å². The first-order chi connectivity index (χ1) is 32.3. The number of ether oxygens (including phenoxy) is 6. The Morgan fingerprint density at radius 1 is 0.591 bits per heavy atom. The number of morpholine rings is 2. The van der Waals surface area contributed by atoms with Gasteiger partial charge in [0.2, 0.25) is 5.78 Å². The minimum atomic E-state index is -1.68. The fourth-order valence-electron chi connectivity index (χ4n) is 8.86. The molecule has 1 unspecified atom stereocenters. The van der Waals surface area contributed by atoms with Crippen LogP contribution in [0.1, 0.15) is 57.6 Å². The first-order valence-corrected chi connectivity index (χ1v) is 22.7. The zero-order valence-electron chi connectivity index (χ0n) is 37.5. The van der Waals surface area contributed by atoms with Crippen molar-refractivity contribution in [1.29, 1.82) is 0 Å². The molecule has 0 radical (unpaired) electrons. The van der Waals surface area contributed by atoms with Crippen LogP contribution in [0.3, 0.4) is 0 Å². The van der Waals surface area contributed by atoms with E-state index in [9.17, 15) is 19.5 Å². The minimum Gasteiger partial charge on any atom is -0.492 e. The van der Waals surface area contributed by atoms with Crippen LogP contribution >= 0.6 is 0 Å². The second kappa shape index (κ2) is 21.7. The van der Waals surface area contributed by atoms with E-state index in [1.807, 2.05) is 121 Å². The molecule has 1 atom stereocenters. The Morgan fingerprint density at radius 3 is 1.62 bits per heavy atom. The number of carbonyl (C=O) groups excluding carboxylic acids is 3. The highest BCUT2D eigenvalue weighted by Crippen LogP contribution is 2.52. The monoisotopic (exact) mass is 892 g/mol. The number of rotatable bonds is 15. The van der Waals surface area contributed by atoms with Crippen molar-refractivity contribution in [2.45, 2.75) is 19.4 Å². The highest BCUT2D eigenvalue weighted by Gasteiger charge is 2.49. The summed E-state index contributed by atoms with van der Waals surface area (Å²) in [6.07, 6.45) is 0. The smallest absolute Gasteiger partial charge is 0.342 e. The number of ketones is 1. The third-order valence-electron chi connectivity index (χ3n) is 12.1. The number of fused-ring (bicyclic) bond motifs is 2. The van der Waals surface area contributed by atoms with Gasteiger partial charge in [-0.15, -0.1) is 0 Å². The van der Waals surface area contributed by atoms with Crippen LogP contribution in [0.15, 0.2) is 139 Å². The van der Waals surface area contributed by atoms with E-state index in [2.05, 4.69) is 9.80 Å². The second-order valence-corrected chi connectivity index (χ2v) is 16.1. The number of hydrogen-bond acceptors (Lipinski definition) is 12. The largest absolute Gasteiger partial charge is 0.492 e. The van der Waals surface area contributed by atoms with Crippen molar-refractivity contribution in [3.05, 3.63) is 177 Å². The molecule has 5 aromatic rings. The average molecular weight is 893 g/mol. The fraction of sp³-hybridized carbons (Fsp3) is 0.315. The molecular formula is C54H56N2O10. The number of nitrogens with zero attached hydrogens (tertiary/aromatic N) is 2. The molecule has 0 aromatic heterocycles. The van der Waals surface area contributed by atoms with Crippen molar-refractivity contribution in [2.24, 2.45) is 0 Å².